The van der Waals surface area contributed by atoms with Crippen molar-refractivity contribution in [3.05, 3.63) is 48.5 Å². The number of hydrogen-bond acceptors (Lipinski definition) is 3. The fourth-order valence-corrected chi connectivity index (χ4v) is 2.11. The monoisotopic (exact) mass is 290 g/mol. The molecule has 0 aromatic carbocycles. The van der Waals surface area contributed by atoms with Crippen molar-refractivity contribution in [1.82, 2.24) is 19.9 Å². The summed E-state index contributed by atoms with van der Waals surface area (Å²) in [6, 6.07) is 8.12. The third-order valence-electron chi connectivity index (χ3n) is 3.60. The summed E-state index contributed by atoms with van der Waals surface area (Å²) >= 11 is 0. The third kappa shape index (κ3) is 3.16. The molecule has 3 heterocycles. The highest BCUT2D eigenvalue weighted by atomic mass is 15.1. The molecule has 22 heavy (non-hydrogen) atoms. The van der Waals surface area contributed by atoms with Crippen LogP contribution in [0.3, 0.4) is 0 Å². The Balaban J connectivity index is 1.78. The number of pyridine rings is 2. The zero-order valence-corrected chi connectivity index (χ0v) is 12.8. The molecular formula is C18H18N4. The van der Waals surface area contributed by atoms with Crippen LogP contribution in [0.25, 0.3) is 22.2 Å². The van der Waals surface area contributed by atoms with Gasteiger partial charge in [-0.2, -0.15) is 0 Å². The Bertz CT molecular complexity index is 821. The van der Waals surface area contributed by atoms with E-state index in [1.54, 1.807) is 0 Å². The first-order valence-electron chi connectivity index (χ1n) is 7.33. The van der Waals surface area contributed by atoms with Crippen molar-refractivity contribution in [1.29, 1.82) is 0 Å². The molecule has 4 heteroatoms. The molecule has 0 aliphatic carbocycles. The molecule has 110 valence electrons. The van der Waals surface area contributed by atoms with E-state index in [0.717, 1.165) is 40.9 Å². The number of nitrogens with zero attached hydrogens (tertiary/aromatic N) is 3. The van der Waals surface area contributed by atoms with Crippen LogP contribution >= 0.6 is 0 Å². The standard InChI is InChI=1S/C18H18N4/c1-3-22(2)10-4-5-17-7-6-15(12-20-17)16-11-14-8-9-19-18(14)21-13-16/h6-9,11-13H,3,10H2,1-2H3,(H,19,21). The van der Waals surface area contributed by atoms with Crippen molar-refractivity contribution < 1.29 is 0 Å². The molecule has 0 bridgehead atoms. The smallest absolute Gasteiger partial charge is 0.137 e. The fourth-order valence-electron chi connectivity index (χ4n) is 2.11. The molecule has 3 rings (SSSR count). The predicted octanol–water partition coefficient (Wildman–Crippen LogP) is 2.93. The Labute approximate surface area is 130 Å². The molecule has 0 atom stereocenters. The predicted molar refractivity (Wildman–Crippen MR) is 89.4 cm³/mol. The van der Waals surface area contributed by atoms with Gasteiger partial charge in [0.05, 0.1) is 6.54 Å². The number of aromatic amines is 1. The highest BCUT2D eigenvalue weighted by Crippen LogP contribution is 2.21. The van der Waals surface area contributed by atoms with Crippen LogP contribution in [0.1, 0.15) is 12.6 Å². The van der Waals surface area contributed by atoms with Crippen LogP contribution in [0.2, 0.25) is 0 Å². The maximum Gasteiger partial charge on any atom is 0.137 e. The molecule has 3 aromatic heterocycles. The van der Waals surface area contributed by atoms with E-state index >= 15 is 0 Å². The molecule has 0 saturated carbocycles. The minimum Gasteiger partial charge on any atom is -0.346 e. The van der Waals surface area contributed by atoms with Crippen LogP contribution in [0.15, 0.2) is 42.9 Å². The summed E-state index contributed by atoms with van der Waals surface area (Å²) in [6.07, 6.45) is 5.60. The molecule has 0 unspecified atom stereocenters. The van der Waals surface area contributed by atoms with Gasteiger partial charge in [-0.3, -0.25) is 4.90 Å². The van der Waals surface area contributed by atoms with Crippen molar-refractivity contribution in [2.75, 3.05) is 20.1 Å². The summed E-state index contributed by atoms with van der Waals surface area (Å²) in [5.41, 5.74) is 3.81. The number of hydrogen-bond donors (Lipinski definition) is 1. The highest BCUT2D eigenvalue weighted by molar-refractivity contribution is 5.81. The van der Waals surface area contributed by atoms with Gasteiger partial charge in [-0.05, 0) is 43.8 Å². The van der Waals surface area contributed by atoms with Crippen molar-refractivity contribution in [2.24, 2.45) is 0 Å². The lowest BCUT2D eigenvalue weighted by atomic mass is 10.1. The molecule has 0 saturated heterocycles. The van der Waals surface area contributed by atoms with Gasteiger partial charge >= 0.3 is 0 Å². The number of H-pyrrole nitrogens is 1. The number of aromatic nitrogens is 3. The Hall–Kier alpha value is -2.64. The Morgan fingerprint density at radius 3 is 2.77 bits per heavy atom. The van der Waals surface area contributed by atoms with E-state index in [2.05, 4.69) is 51.7 Å². The molecule has 0 radical (unpaired) electrons. The van der Waals surface area contributed by atoms with Crippen LogP contribution < -0.4 is 0 Å². The van der Waals surface area contributed by atoms with Crippen LogP contribution in [0.5, 0.6) is 0 Å². The van der Waals surface area contributed by atoms with Crippen molar-refractivity contribution in [2.45, 2.75) is 6.92 Å². The SMILES string of the molecule is CCN(C)CC#Cc1ccc(-c2cnc3[nH]ccc3c2)cn1. The van der Waals surface area contributed by atoms with Gasteiger partial charge in [-0.25, -0.2) is 9.97 Å². The molecular weight excluding hydrogens is 272 g/mol. The van der Waals surface area contributed by atoms with Crippen LogP contribution in [-0.2, 0) is 0 Å². The number of rotatable bonds is 3. The van der Waals surface area contributed by atoms with Gasteiger partial charge in [-0.1, -0.05) is 12.8 Å². The Morgan fingerprint density at radius 2 is 2.00 bits per heavy atom. The Kier molecular flexibility index (Phi) is 4.17. The van der Waals surface area contributed by atoms with Gasteiger partial charge in [0.2, 0.25) is 0 Å². The second-order valence-electron chi connectivity index (χ2n) is 5.20. The first-order valence-corrected chi connectivity index (χ1v) is 7.33. The van der Waals surface area contributed by atoms with Gasteiger partial charge in [0.15, 0.2) is 0 Å². The van der Waals surface area contributed by atoms with E-state index in [0.29, 0.717) is 0 Å². The summed E-state index contributed by atoms with van der Waals surface area (Å²) in [4.78, 5) is 14.1. The maximum atomic E-state index is 4.42. The van der Waals surface area contributed by atoms with Crippen molar-refractivity contribution in [3.8, 4) is 23.0 Å². The van der Waals surface area contributed by atoms with Crippen molar-refractivity contribution in [3.63, 3.8) is 0 Å². The number of nitrogens with one attached hydrogen (secondary N) is 1. The van der Waals surface area contributed by atoms with Crippen LogP contribution in [-0.4, -0.2) is 40.0 Å². The first kappa shape index (κ1) is 14.3. The lowest BCUT2D eigenvalue weighted by molar-refractivity contribution is 0.398. The first-order chi connectivity index (χ1) is 10.8. The van der Waals surface area contributed by atoms with Gasteiger partial charge in [0.1, 0.15) is 11.3 Å². The normalized spacial score (nSPS) is 10.7. The molecule has 0 spiro atoms. The summed E-state index contributed by atoms with van der Waals surface area (Å²) in [7, 11) is 2.05. The molecule has 3 aromatic rings. The van der Waals surface area contributed by atoms with E-state index < -0.39 is 0 Å². The fraction of sp³-hybridized carbons (Fsp3) is 0.222. The van der Waals surface area contributed by atoms with E-state index in [-0.39, 0.29) is 0 Å². The molecule has 0 amide bonds. The second kappa shape index (κ2) is 6.42. The van der Waals surface area contributed by atoms with Crippen LogP contribution in [0.4, 0.5) is 0 Å². The summed E-state index contributed by atoms with van der Waals surface area (Å²) in [5, 5.41) is 1.10. The molecule has 0 aliphatic rings. The zero-order chi connectivity index (χ0) is 15.4. The lowest BCUT2D eigenvalue weighted by Crippen LogP contribution is -2.17. The molecule has 0 fully saturated rings. The van der Waals surface area contributed by atoms with E-state index in [1.807, 2.05) is 36.8 Å². The van der Waals surface area contributed by atoms with E-state index in [1.165, 1.54) is 0 Å². The van der Waals surface area contributed by atoms with Crippen molar-refractivity contribution >= 4 is 11.0 Å². The number of fused-ring (bicyclic) bond motifs is 1. The summed E-state index contributed by atoms with van der Waals surface area (Å²) < 4.78 is 0. The average Bonchev–Trinajstić information content (AvgIpc) is 3.03. The summed E-state index contributed by atoms with van der Waals surface area (Å²) in [6.45, 7) is 3.87. The largest absolute Gasteiger partial charge is 0.346 e. The van der Waals surface area contributed by atoms with Gasteiger partial charge in [-0.15, -0.1) is 0 Å². The van der Waals surface area contributed by atoms with Crippen LogP contribution in [0, 0.1) is 11.8 Å². The second-order valence-corrected chi connectivity index (χ2v) is 5.20. The molecule has 0 aliphatic heterocycles. The van der Waals surface area contributed by atoms with E-state index in [4.69, 9.17) is 0 Å². The third-order valence-corrected chi connectivity index (χ3v) is 3.60. The minimum atomic E-state index is 0.758. The molecule has 4 nitrogen and oxygen atoms in total. The lowest BCUT2D eigenvalue weighted by Gasteiger charge is -2.07. The average molecular weight is 290 g/mol. The summed E-state index contributed by atoms with van der Waals surface area (Å²) in [5.74, 6) is 6.22. The Morgan fingerprint density at radius 1 is 1.14 bits per heavy atom. The highest BCUT2D eigenvalue weighted by Gasteiger charge is 2.02. The quantitative estimate of drug-likeness (QED) is 0.754. The van der Waals surface area contributed by atoms with Gasteiger partial charge < -0.3 is 4.98 Å². The maximum absolute atomic E-state index is 4.42. The van der Waals surface area contributed by atoms with E-state index in [9.17, 15) is 0 Å². The zero-order valence-electron chi connectivity index (χ0n) is 12.8. The van der Waals surface area contributed by atoms with Gasteiger partial charge in [0, 0.05) is 35.1 Å². The topological polar surface area (TPSA) is 44.8 Å². The molecule has 1 N–H and O–H groups in total. The van der Waals surface area contributed by atoms with Gasteiger partial charge in [0.25, 0.3) is 0 Å². The minimum absolute atomic E-state index is 0.758.